The lowest BCUT2D eigenvalue weighted by Gasteiger charge is -1.97. The molecule has 0 fully saturated rings. The summed E-state index contributed by atoms with van der Waals surface area (Å²) in [6.07, 6.45) is 0.988. The predicted molar refractivity (Wildman–Crippen MR) is 32.3 cm³/mol. The fourth-order valence-corrected chi connectivity index (χ4v) is 0.291. The lowest BCUT2D eigenvalue weighted by molar-refractivity contribution is 0.0394. The topological polar surface area (TPSA) is 18.5 Å². The molecule has 0 aromatic heterocycles. The SMILES string of the molecule is CCCO[CH]OCCl. The van der Waals surface area contributed by atoms with Gasteiger partial charge in [-0.2, -0.15) is 0 Å². The van der Waals surface area contributed by atoms with E-state index in [1.54, 1.807) is 0 Å². The maximum absolute atomic E-state index is 5.15. The molecule has 0 N–H and O–H groups in total. The van der Waals surface area contributed by atoms with Gasteiger partial charge in [-0.15, -0.1) is 0 Å². The molecule has 0 saturated heterocycles. The molecule has 0 saturated carbocycles. The van der Waals surface area contributed by atoms with Gasteiger partial charge in [0.15, 0.2) is 0 Å². The van der Waals surface area contributed by atoms with E-state index in [1.807, 2.05) is 6.92 Å². The van der Waals surface area contributed by atoms with Crippen molar-refractivity contribution in [3.8, 4) is 0 Å². The van der Waals surface area contributed by atoms with Gasteiger partial charge in [0.1, 0.15) is 6.07 Å². The Morgan fingerprint density at radius 1 is 1.50 bits per heavy atom. The van der Waals surface area contributed by atoms with Gasteiger partial charge in [0.05, 0.1) is 0 Å². The summed E-state index contributed by atoms with van der Waals surface area (Å²) in [6.45, 7) is 3.97. The summed E-state index contributed by atoms with van der Waals surface area (Å²) < 4.78 is 9.35. The van der Waals surface area contributed by atoms with Crippen molar-refractivity contribution >= 4 is 11.6 Å². The van der Waals surface area contributed by atoms with Gasteiger partial charge < -0.3 is 9.47 Å². The highest BCUT2D eigenvalue weighted by Gasteiger charge is 1.83. The molecule has 2 nitrogen and oxygen atoms in total. The Morgan fingerprint density at radius 2 is 2.25 bits per heavy atom. The average Bonchev–Trinajstić information content (AvgIpc) is 1.81. The standard InChI is InChI=1S/C5H10ClO2/c1-2-3-7-5-8-4-6/h5H,2-4H2,1H3. The van der Waals surface area contributed by atoms with Crippen LogP contribution in [0.1, 0.15) is 13.3 Å². The summed E-state index contributed by atoms with van der Waals surface area (Å²) in [5.74, 6) is 0. The van der Waals surface area contributed by atoms with Crippen molar-refractivity contribution in [3.05, 3.63) is 6.79 Å². The third-order valence-electron chi connectivity index (χ3n) is 0.521. The smallest absolute Gasteiger partial charge is 0.210 e. The number of alkyl halides is 1. The molecule has 49 valence electrons. The predicted octanol–water partition coefficient (Wildman–Crippen LogP) is 1.75. The molecule has 0 rings (SSSR count). The van der Waals surface area contributed by atoms with Crippen LogP contribution in [-0.2, 0) is 9.47 Å². The van der Waals surface area contributed by atoms with Crippen LogP contribution in [0.2, 0.25) is 0 Å². The van der Waals surface area contributed by atoms with Gasteiger partial charge in [-0.25, -0.2) is 0 Å². The van der Waals surface area contributed by atoms with Crippen molar-refractivity contribution in [2.45, 2.75) is 13.3 Å². The molecule has 0 aliphatic rings. The second-order valence-electron chi connectivity index (χ2n) is 1.24. The Hall–Kier alpha value is 0.210. The van der Waals surface area contributed by atoms with Gasteiger partial charge in [0.2, 0.25) is 6.79 Å². The van der Waals surface area contributed by atoms with Crippen LogP contribution < -0.4 is 0 Å². The molecule has 0 aliphatic carbocycles. The zero-order chi connectivity index (χ0) is 6.24. The molecular formula is C5H10ClO2. The Kier molecular flexibility index (Phi) is 7.40. The lowest BCUT2D eigenvalue weighted by atomic mass is 10.5. The first-order valence-electron chi connectivity index (χ1n) is 2.52. The minimum Gasteiger partial charge on any atom is -0.348 e. The zero-order valence-electron chi connectivity index (χ0n) is 4.89. The molecule has 1 radical (unpaired) electrons. The highest BCUT2D eigenvalue weighted by molar-refractivity contribution is 6.17. The van der Waals surface area contributed by atoms with E-state index in [0.29, 0.717) is 6.61 Å². The fraction of sp³-hybridized carbons (Fsp3) is 0.800. The van der Waals surface area contributed by atoms with Gasteiger partial charge in [0.25, 0.3) is 0 Å². The molecule has 0 atom stereocenters. The van der Waals surface area contributed by atoms with Gasteiger partial charge in [-0.1, -0.05) is 18.5 Å². The van der Waals surface area contributed by atoms with Crippen LogP contribution in [0.4, 0.5) is 0 Å². The van der Waals surface area contributed by atoms with Crippen molar-refractivity contribution in [3.63, 3.8) is 0 Å². The lowest BCUT2D eigenvalue weighted by Crippen LogP contribution is -1.92. The molecule has 8 heavy (non-hydrogen) atoms. The molecule has 0 aromatic rings. The normalized spacial score (nSPS) is 9.75. The number of ether oxygens (including phenoxy) is 2. The van der Waals surface area contributed by atoms with Crippen molar-refractivity contribution in [1.29, 1.82) is 0 Å². The molecular weight excluding hydrogens is 128 g/mol. The van der Waals surface area contributed by atoms with Crippen molar-refractivity contribution in [2.75, 3.05) is 12.7 Å². The van der Waals surface area contributed by atoms with Gasteiger partial charge in [-0.3, -0.25) is 0 Å². The Morgan fingerprint density at radius 3 is 2.75 bits per heavy atom. The number of hydrogen-bond acceptors (Lipinski definition) is 2. The van der Waals surface area contributed by atoms with Crippen molar-refractivity contribution < 1.29 is 9.47 Å². The molecule has 0 bridgehead atoms. The second-order valence-corrected chi connectivity index (χ2v) is 1.46. The number of hydrogen-bond donors (Lipinski definition) is 0. The van der Waals surface area contributed by atoms with Crippen molar-refractivity contribution in [1.82, 2.24) is 0 Å². The molecule has 0 aromatic carbocycles. The van der Waals surface area contributed by atoms with E-state index < -0.39 is 0 Å². The van der Waals surface area contributed by atoms with Crippen LogP contribution in [0, 0.1) is 6.79 Å². The zero-order valence-corrected chi connectivity index (χ0v) is 5.65. The van der Waals surface area contributed by atoms with Crippen LogP contribution in [0.3, 0.4) is 0 Å². The first-order valence-corrected chi connectivity index (χ1v) is 3.06. The molecule has 0 spiro atoms. The van der Waals surface area contributed by atoms with Crippen LogP contribution in [0.15, 0.2) is 0 Å². The van der Waals surface area contributed by atoms with Crippen LogP contribution in [0.5, 0.6) is 0 Å². The number of rotatable bonds is 5. The monoisotopic (exact) mass is 137 g/mol. The van der Waals surface area contributed by atoms with Gasteiger partial charge in [-0.05, 0) is 6.42 Å². The maximum atomic E-state index is 5.15. The second kappa shape index (κ2) is 7.21. The third kappa shape index (κ3) is 6.21. The highest BCUT2D eigenvalue weighted by atomic mass is 35.5. The fourth-order valence-electron chi connectivity index (χ4n) is 0.240. The minimum absolute atomic E-state index is 0.156. The van der Waals surface area contributed by atoms with E-state index in [4.69, 9.17) is 16.3 Å². The van der Waals surface area contributed by atoms with Crippen LogP contribution in [0.25, 0.3) is 0 Å². The largest absolute Gasteiger partial charge is 0.348 e. The Labute approximate surface area is 54.7 Å². The van der Waals surface area contributed by atoms with E-state index in [2.05, 4.69) is 4.74 Å². The summed E-state index contributed by atoms with van der Waals surface area (Å²) in [5.41, 5.74) is 0. The summed E-state index contributed by atoms with van der Waals surface area (Å²) in [5, 5.41) is 0. The molecule has 0 unspecified atom stereocenters. The first kappa shape index (κ1) is 8.21. The summed E-state index contributed by atoms with van der Waals surface area (Å²) in [4.78, 5) is 0. The summed E-state index contributed by atoms with van der Waals surface area (Å²) in [7, 11) is 0. The molecule has 0 aliphatic heterocycles. The highest BCUT2D eigenvalue weighted by Crippen LogP contribution is 1.88. The van der Waals surface area contributed by atoms with Crippen LogP contribution >= 0.6 is 11.6 Å². The van der Waals surface area contributed by atoms with E-state index in [1.165, 1.54) is 6.79 Å². The first-order chi connectivity index (χ1) is 3.91. The van der Waals surface area contributed by atoms with E-state index in [9.17, 15) is 0 Å². The average molecular weight is 138 g/mol. The van der Waals surface area contributed by atoms with E-state index in [-0.39, 0.29) is 6.07 Å². The molecule has 0 heterocycles. The third-order valence-corrected chi connectivity index (χ3v) is 0.647. The summed E-state index contributed by atoms with van der Waals surface area (Å²) in [6, 6.07) is 0.156. The van der Waals surface area contributed by atoms with Gasteiger partial charge >= 0.3 is 0 Å². The maximum Gasteiger partial charge on any atom is 0.210 e. The van der Waals surface area contributed by atoms with E-state index in [0.717, 1.165) is 6.42 Å². The van der Waals surface area contributed by atoms with Crippen LogP contribution in [-0.4, -0.2) is 12.7 Å². The summed E-state index contributed by atoms with van der Waals surface area (Å²) >= 11 is 5.15. The quantitative estimate of drug-likeness (QED) is 0.425. The number of halogens is 1. The van der Waals surface area contributed by atoms with Gasteiger partial charge in [0, 0.05) is 6.61 Å². The molecule has 3 heteroatoms. The van der Waals surface area contributed by atoms with E-state index >= 15 is 0 Å². The van der Waals surface area contributed by atoms with Crippen molar-refractivity contribution in [2.24, 2.45) is 0 Å². The minimum atomic E-state index is 0.156. The Bertz CT molecular complexity index is 35.4. The Balaban J connectivity index is 2.53. The molecule has 0 amide bonds.